The molecule has 1 heterocycles. The molecule has 0 spiro atoms. The Morgan fingerprint density at radius 1 is 1.08 bits per heavy atom. The van der Waals surface area contributed by atoms with Gasteiger partial charge in [-0.3, -0.25) is 0 Å². The highest BCUT2D eigenvalue weighted by Crippen LogP contribution is 2.52. The Kier molecular flexibility index (Phi) is 12.0. The van der Waals surface area contributed by atoms with Gasteiger partial charge in [-0.25, -0.2) is 0 Å². The first-order chi connectivity index (χ1) is 24.2. The van der Waals surface area contributed by atoms with E-state index in [1.165, 1.54) is 60.1 Å². The van der Waals surface area contributed by atoms with Gasteiger partial charge in [-0.1, -0.05) is 120 Å². The number of nitrogens with zero attached hydrogens (tertiary/aromatic N) is 1. The van der Waals surface area contributed by atoms with Gasteiger partial charge >= 0.3 is 0 Å². The van der Waals surface area contributed by atoms with Crippen molar-refractivity contribution in [1.82, 2.24) is 4.90 Å². The van der Waals surface area contributed by atoms with Crippen LogP contribution in [0.3, 0.4) is 0 Å². The Hall–Kier alpha value is -3.71. The highest BCUT2D eigenvalue weighted by atomic mass is 32.1. The molecule has 0 bridgehead atoms. The van der Waals surface area contributed by atoms with Crippen LogP contribution in [0.2, 0.25) is 0 Å². The van der Waals surface area contributed by atoms with Gasteiger partial charge in [0.25, 0.3) is 0 Å². The van der Waals surface area contributed by atoms with Gasteiger partial charge in [0.05, 0.1) is 6.04 Å². The first-order valence-corrected chi connectivity index (χ1v) is 19.9. The number of hydrogen-bond donors (Lipinski definition) is 0. The van der Waals surface area contributed by atoms with Crippen molar-refractivity contribution in [2.24, 2.45) is 11.3 Å². The van der Waals surface area contributed by atoms with E-state index in [2.05, 4.69) is 158 Å². The summed E-state index contributed by atoms with van der Waals surface area (Å²) in [7, 11) is 0. The number of fused-ring (bicyclic) bond motifs is 1. The van der Waals surface area contributed by atoms with Crippen molar-refractivity contribution in [3.63, 3.8) is 0 Å². The van der Waals surface area contributed by atoms with E-state index in [-0.39, 0.29) is 16.9 Å². The van der Waals surface area contributed by atoms with Gasteiger partial charge in [-0.2, -0.15) is 0 Å². The lowest BCUT2D eigenvalue weighted by Gasteiger charge is -2.37. The van der Waals surface area contributed by atoms with Crippen molar-refractivity contribution in [3.05, 3.63) is 140 Å². The average molecular weight is 712 g/mol. The Balaban J connectivity index is 1.50. The molecule has 266 valence electrons. The average Bonchev–Trinajstić information content (AvgIpc) is 3.69. The van der Waals surface area contributed by atoms with Crippen LogP contribution >= 0.6 is 23.6 Å². The molecular weight excluding hydrogens is 655 g/mol. The van der Waals surface area contributed by atoms with E-state index >= 15 is 0 Å². The zero-order chi connectivity index (χ0) is 37.1. The minimum absolute atomic E-state index is 0.0838. The molecule has 3 aliphatic carbocycles. The molecule has 0 saturated heterocycles. The highest BCUT2D eigenvalue weighted by molar-refractivity contribution is 7.80. The van der Waals surface area contributed by atoms with Crippen LogP contribution in [0.1, 0.15) is 122 Å². The minimum Gasteiger partial charge on any atom is -0.342 e. The first-order valence-electron chi connectivity index (χ1n) is 18.7. The fourth-order valence-corrected chi connectivity index (χ4v) is 9.44. The van der Waals surface area contributed by atoms with Gasteiger partial charge < -0.3 is 4.90 Å². The molecule has 3 unspecified atom stereocenters. The summed E-state index contributed by atoms with van der Waals surface area (Å²) in [5.74, 6) is 3.76. The minimum atomic E-state index is -0.0838. The van der Waals surface area contributed by atoms with E-state index in [0.29, 0.717) is 11.8 Å². The Morgan fingerprint density at radius 3 is 2.49 bits per heavy atom. The second kappa shape index (κ2) is 15.9. The van der Waals surface area contributed by atoms with Crippen LogP contribution in [0.5, 0.6) is 0 Å². The maximum atomic E-state index is 5.64. The molecule has 3 atom stereocenters. The summed E-state index contributed by atoms with van der Waals surface area (Å²) in [6.45, 7) is 23.2. The molecule has 1 aromatic carbocycles. The third kappa shape index (κ3) is 7.89. The van der Waals surface area contributed by atoms with Crippen molar-refractivity contribution >= 4 is 40.1 Å². The smallest absolute Gasteiger partial charge is 0.0553 e. The van der Waals surface area contributed by atoms with E-state index in [1.54, 1.807) is 0 Å². The summed E-state index contributed by atoms with van der Waals surface area (Å²) >= 11 is 7.11. The van der Waals surface area contributed by atoms with Crippen LogP contribution in [0, 0.1) is 23.7 Å². The summed E-state index contributed by atoms with van der Waals surface area (Å²) < 4.78 is 0. The Bertz CT molecular complexity index is 1950. The predicted octanol–water partition coefficient (Wildman–Crippen LogP) is 13.7. The van der Waals surface area contributed by atoms with Crippen molar-refractivity contribution in [1.29, 1.82) is 0 Å². The Labute approximate surface area is 319 Å². The molecule has 0 radical (unpaired) electrons. The zero-order valence-electron chi connectivity index (χ0n) is 32.6. The monoisotopic (exact) mass is 711 g/mol. The van der Waals surface area contributed by atoms with Crippen molar-refractivity contribution in [3.8, 4) is 12.3 Å². The SMILES string of the molecule is C#CC=CC1=C(C)C(C)(C)C(C=C(CC)N(C(C)=CCC2c3ccccc3C(C)(C)C2C)C2C=CC(c3ccc(/C=C/CC(C)=S)s3)=CC2)=C1C. The van der Waals surface area contributed by atoms with Gasteiger partial charge in [0.2, 0.25) is 0 Å². The van der Waals surface area contributed by atoms with Crippen LogP contribution in [-0.2, 0) is 5.41 Å². The zero-order valence-corrected chi connectivity index (χ0v) is 34.2. The predicted molar refractivity (Wildman–Crippen MR) is 229 cm³/mol. The molecule has 0 amide bonds. The van der Waals surface area contributed by atoms with Crippen LogP contribution in [0.15, 0.2) is 119 Å². The lowest BCUT2D eigenvalue weighted by atomic mass is 9.76. The molecule has 0 saturated carbocycles. The molecule has 2 aromatic rings. The topological polar surface area (TPSA) is 3.24 Å². The third-order valence-corrected chi connectivity index (χ3v) is 13.3. The van der Waals surface area contributed by atoms with E-state index in [9.17, 15) is 0 Å². The molecular formula is C48H57NS2. The number of rotatable bonds is 12. The van der Waals surface area contributed by atoms with Crippen molar-refractivity contribution in [2.45, 2.75) is 112 Å². The fourth-order valence-electron chi connectivity index (χ4n) is 8.39. The third-order valence-electron chi connectivity index (χ3n) is 12.0. The molecule has 0 aliphatic heterocycles. The number of allylic oxidation sites excluding steroid dienone is 13. The quantitative estimate of drug-likeness (QED) is 0.159. The van der Waals surface area contributed by atoms with Crippen LogP contribution in [0.25, 0.3) is 11.6 Å². The largest absolute Gasteiger partial charge is 0.342 e. The number of benzene rings is 1. The molecule has 3 aliphatic rings. The second-order valence-electron chi connectivity index (χ2n) is 15.7. The molecule has 0 N–H and O–H groups in total. The molecule has 3 heteroatoms. The molecule has 1 aromatic heterocycles. The van der Waals surface area contributed by atoms with Crippen molar-refractivity contribution in [2.75, 3.05) is 0 Å². The maximum Gasteiger partial charge on any atom is 0.0553 e. The van der Waals surface area contributed by atoms with E-state index in [4.69, 9.17) is 18.6 Å². The lowest BCUT2D eigenvalue weighted by molar-refractivity contribution is 0.325. The maximum absolute atomic E-state index is 5.64. The molecule has 1 nitrogen and oxygen atoms in total. The van der Waals surface area contributed by atoms with Gasteiger partial charge in [0.1, 0.15) is 0 Å². The number of thiophene rings is 1. The van der Waals surface area contributed by atoms with Crippen LogP contribution in [-0.4, -0.2) is 15.8 Å². The number of terminal acetylenes is 1. The van der Waals surface area contributed by atoms with E-state index < -0.39 is 0 Å². The second-order valence-corrected chi connectivity index (χ2v) is 17.5. The van der Waals surface area contributed by atoms with Gasteiger partial charge in [-0.15, -0.1) is 17.8 Å². The van der Waals surface area contributed by atoms with Crippen molar-refractivity contribution < 1.29 is 0 Å². The number of hydrogen-bond acceptors (Lipinski definition) is 3. The highest BCUT2D eigenvalue weighted by Gasteiger charge is 2.42. The van der Waals surface area contributed by atoms with Crippen LogP contribution < -0.4 is 0 Å². The summed E-state index contributed by atoms with van der Waals surface area (Å²) in [6, 6.07) is 13.8. The van der Waals surface area contributed by atoms with Gasteiger partial charge in [0, 0.05) is 26.6 Å². The summed E-state index contributed by atoms with van der Waals surface area (Å²) in [5, 5.41) is 0. The molecule has 0 fully saturated rings. The van der Waals surface area contributed by atoms with Gasteiger partial charge in [-0.05, 0) is 145 Å². The summed E-state index contributed by atoms with van der Waals surface area (Å²) in [6.07, 6.45) is 30.0. The Morgan fingerprint density at radius 2 is 1.82 bits per heavy atom. The van der Waals surface area contributed by atoms with Gasteiger partial charge in [0.15, 0.2) is 0 Å². The van der Waals surface area contributed by atoms with E-state index in [1.807, 2.05) is 24.3 Å². The molecule has 51 heavy (non-hydrogen) atoms. The van der Waals surface area contributed by atoms with Crippen LogP contribution in [0.4, 0.5) is 0 Å². The summed E-state index contributed by atoms with van der Waals surface area (Å²) in [5.41, 5.74) is 12.4. The lowest BCUT2D eigenvalue weighted by Crippen LogP contribution is -2.33. The standard InChI is InChI=1S/C48H57NS2/c1-12-14-20-41-34(5)45(48(10,11)35(41)6)31-38(13-2)49(32(3)23-29-42-36(7)47(8,9)44-22-16-15-21-43(42)44)39-26-24-37(25-27-39)46-30-28-40(51-46)19-17-18-33(4)50/h1,14-17,19-26,28,30-31,36,39,42H,13,18,27,29H2,2-11H3/b19-17+,20-14?,32-23?,38-31?. The fraction of sp³-hybridized carbons (Fsp3) is 0.396. The van der Waals surface area contributed by atoms with E-state index in [0.717, 1.165) is 30.5 Å². The normalized spacial score (nSPS) is 23.0. The number of thiocarbonyl (C=S) groups is 1. The first kappa shape index (κ1) is 38.5. The summed E-state index contributed by atoms with van der Waals surface area (Å²) in [4.78, 5) is 6.23. The molecule has 5 rings (SSSR count).